The maximum atomic E-state index is 13.2. The molecule has 2 aromatic rings. The third-order valence-electron chi connectivity index (χ3n) is 5.64. The minimum atomic E-state index is -4.47. The molecule has 0 spiro atoms. The van der Waals surface area contributed by atoms with Gasteiger partial charge in [0.2, 0.25) is 10.0 Å². The second-order valence-electron chi connectivity index (χ2n) is 7.41. The summed E-state index contributed by atoms with van der Waals surface area (Å²) in [6.45, 7) is 3.62. The van der Waals surface area contributed by atoms with Crippen molar-refractivity contribution in [3.63, 3.8) is 0 Å². The molecule has 1 aromatic heterocycles. The lowest BCUT2D eigenvalue weighted by Gasteiger charge is -2.36. The number of fused-ring (bicyclic) bond motifs is 1. The van der Waals surface area contributed by atoms with Gasteiger partial charge >= 0.3 is 6.18 Å². The minimum Gasteiger partial charge on any atom is -0.354 e. The zero-order valence-corrected chi connectivity index (χ0v) is 16.7. The van der Waals surface area contributed by atoms with Gasteiger partial charge in [-0.25, -0.2) is 8.42 Å². The molecule has 0 bridgehead atoms. The van der Waals surface area contributed by atoms with Crippen molar-refractivity contribution in [2.24, 2.45) is 0 Å². The van der Waals surface area contributed by atoms with Crippen LogP contribution in [-0.2, 0) is 22.7 Å². The number of hydrogen-bond acceptors (Lipinski definition) is 4. The quantitative estimate of drug-likeness (QED) is 0.753. The molecule has 2 heterocycles. The predicted octanol–water partition coefficient (Wildman–Crippen LogP) is 3.17. The highest BCUT2D eigenvalue weighted by Crippen LogP contribution is 2.38. The van der Waals surface area contributed by atoms with Crippen LogP contribution in [0.3, 0.4) is 0 Å². The molecule has 1 saturated carbocycles. The molecule has 0 unspecified atom stereocenters. The second-order valence-corrected chi connectivity index (χ2v) is 9.63. The number of anilines is 1. The first-order valence-corrected chi connectivity index (χ1v) is 11.1. The van der Waals surface area contributed by atoms with Gasteiger partial charge in [-0.3, -0.25) is 0 Å². The highest BCUT2D eigenvalue weighted by Gasteiger charge is 2.41. The van der Waals surface area contributed by atoms with E-state index in [0.29, 0.717) is 67.8 Å². The van der Waals surface area contributed by atoms with Crippen molar-refractivity contribution in [1.82, 2.24) is 8.87 Å². The molecule has 29 heavy (non-hydrogen) atoms. The lowest BCUT2D eigenvalue weighted by molar-refractivity contribution is -0.137. The van der Waals surface area contributed by atoms with E-state index >= 15 is 0 Å². The minimum absolute atomic E-state index is 0.272. The van der Waals surface area contributed by atoms with Crippen molar-refractivity contribution >= 4 is 26.7 Å². The Morgan fingerprint density at radius 1 is 1.17 bits per heavy atom. The fourth-order valence-electron chi connectivity index (χ4n) is 4.00. The fraction of sp³-hybridized carbons (Fsp3) is 0.526. The standard InChI is InChI=1S/C19H21F3N4O2S/c1-2-26-17-11-13(19(20,21)22)3-6-15(17)16(12-23)18(26)24-7-9-25(10-8-24)29(27,28)14-4-5-14/h3,6,11,14H,2,4-5,7-10H2,1H3. The Bertz CT molecular complexity index is 1090. The number of rotatable bonds is 4. The van der Waals surface area contributed by atoms with Gasteiger partial charge in [-0.1, -0.05) is 6.07 Å². The first kappa shape index (κ1) is 20.0. The van der Waals surface area contributed by atoms with Crippen LogP contribution in [-0.4, -0.2) is 48.7 Å². The summed E-state index contributed by atoms with van der Waals surface area (Å²) in [6.07, 6.45) is -3.06. The largest absolute Gasteiger partial charge is 0.416 e. The van der Waals surface area contributed by atoms with E-state index in [1.54, 1.807) is 4.57 Å². The van der Waals surface area contributed by atoms with Gasteiger partial charge in [0, 0.05) is 38.1 Å². The summed E-state index contributed by atoms with van der Waals surface area (Å²) in [5.74, 6) is 0.563. The summed E-state index contributed by atoms with van der Waals surface area (Å²) in [7, 11) is -3.26. The summed E-state index contributed by atoms with van der Waals surface area (Å²) in [4.78, 5) is 1.91. The van der Waals surface area contributed by atoms with Crippen LogP contribution in [0.5, 0.6) is 0 Å². The number of nitrogens with zero attached hydrogens (tertiary/aromatic N) is 4. The van der Waals surface area contributed by atoms with Gasteiger partial charge in [-0.15, -0.1) is 0 Å². The monoisotopic (exact) mass is 426 g/mol. The van der Waals surface area contributed by atoms with Gasteiger partial charge in [0.15, 0.2) is 0 Å². The van der Waals surface area contributed by atoms with Crippen molar-refractivity contribution < 1.29 is 21.6 Å². The lowest BCUT2D eigenvalue weighted by Crippen LogP contribution is -2.50. The Labute approximate surface area is 167 Å². The number of aryl methyl sites for hydroxylation is 1. The molecule has 1 aliphatic carbocycles. The number of sulfonamides is 1. The van der Waals surface area contributed by atoms with Gasteiger partial charge in [0.25, 0.3) is 0 Å². The van der Waals surface area contributed by atoms with Crippen LogP contribution in [0.2, 0.25) is 0 Å². The van der Waals surface area contributed by atoms with Gasteiger partial charge < -0.3 is 9.47 Å². The van der Waals surface area contributed by atoms with Gasteiger partial charge in [-0.05, 0) is 31.9 Å². The van der Waals surface area contributed by atoms with Crippen LogP contribution in [0.25, 0.3) is 10.9 Å². The number of alkyl halides is 3. The van der Waals surface area contributed by atoms with Crippen molar-refractivity contribution in [3.05, 3.63) is 29.3 Å². The number of nitriles is 1. The Balaban J connectivity index is 1.71. The topological polar surface area (TPSA) is 69.3 Å². The molecule has 0 radical (unpaired) electrons. The van der Waals surface area contributed by atoms with Crippen LogP contribution in [0, 0.1) is 11.3 Å². The molecule has 4 rings (SSSR count). The molecule has 2 aliphatic rings. The Morgan fingerprint density at radius 3 is 2.34 bits per heavy atom. The molecule has 156 valence electrons. The Morgan fingerprint density at radius 2 is 1.83 bits per heavy atom. The number of halogens is 3. The average molecular weight is 426 g/mol. The maximum absolute atomic E-state index is 13.2. The molecular formula is C19H21F3N4O2S. The van der Waals surface area contributed by atoms with E-state index in [1.165, 1.54) is 10.4 Å². The Kier molecular flexibility index (Phi) is 4.78. The van der Waals surface area contributed by atoms with Crippen molar-refractivity contribution in [2.45, 2.75) is 37.7 Å². The highest BCUT2D eigenvalue weighted by atomic mass is 32.2. The number of piperazine rings is 1. The summed E-state index contributed by atoms with van der Waals surface area (Å²) in [5, 5.41) is 9.93. The Hall–Kier alpha value is -2.25. The zero-order valence-electron chi connectivity index (χ0n) is 15.9. The van der Waals surface area contributed by atoms with E-state index in [0.717, 1.165) is 12.1 Å². The van der Waals surface area contributed by atoms with Crippen LogP contribution in [0.15, 0.2) is 18.2 Å². The summed E-state index contributed by atoms with van der Waals surface area (Å²) < 4.78 is 67.6. The number of hydrogen-bond donors (Lipinski definition) is 0. The van der Waals surface area contributed by atoms with Crippen LogP contribution in [0.4, 0.5) is 19.0 Å². The first-order chi connectivity index (χ1) is 13.7. The molecule has 10 heteroatoms. The van der Waals surface area contributed by atoms with Crippen molar-refractivity contribution in [1.29, 1.82) is 5.26 Å². The molecule has 2 fully saturated rings. The lowest BCUT2D eigenvalue weighted by atomic mass is 10.1. The number of benzene rings is 1. The maximum Gasteiger partial charge on any atom is 0.416 e. The predicted molar refractivity (Wildman–Crippen MR) is 103 cm³/mol. The molecule has 0 amide bonds. The van der Waals surface area contributed by atoms with Crippen LogP contribution < -0.4 is 4.90 Å². The van der Waals surface area contributed by atoms with Crippen LogP contribution >= 0.6 is 0 Å². The summed E-state index contributed by atoms with van der Waals surface area (Å²) in [6, 6.07) is 5.56. The van der Waals surface area contributed by atoms with Crippen LogP contribution in [0.1, 0.15) is 30.9 Å². The zero-order chi connectivity index (χ0) is 21.0. The molecule has 0 N–H and O–H groups in total. The SMILES string of the molecule is CCn1c(N2CCN(S(=O)(=O)C3CC3)CC2)c(C#N)c2ccc(C(F)(F)F)cc21. The average Bonchev–Trinajstić information content (AvgIpc) is 3.49. The molecule has 1 aromatic carbocycles. The molecule has 0 atom stereocenters. The molecule has 1 aliphatic heterocycles. The third kappa shape index (κ3) is 3.36. The van der Waals surface area contributed by atoms with E-state index in [4.69, 9.17) is 0 Å². The van der Waals surface area contributed by atoms with Gasteiger partial charge in [-0.2, -0.15) is 22.7 Å². The van der Waals surface area contributed by atoms with E-state index in [-0.39, 0.29) is 5.25 Å². The van der Waals surface area contributed by atoms with E-state index in [2.05, 4.69) is 6.07 Å². The summed E-state index contributed by atoms with van der Waals surface area (Å²) in [5.41, 5.74) is -0.0652. The van der Waals surface area contributed by atoms with Crippen molar-refractivity contribution in [2.75, 3.05) is 31.1 Å². The van der Waals surface area contributed by atoms with Crippen molar-refractivity contribution in [3.8, 4) is 6.07 Å². The van der Waals surface area contributed by atoms with E-state index < -0.39 is 21.8 Å². The molecular weight excluding hydrogens is 405 g/mol. The van der Waals surface area contributed by atoms with E-state index in [9.17, 15) is 26.9 Å². The normalized spacial score (nSPS) is 18.9. The third-order valence-corrected chi connectivity index (χ3v) is 8.03. The molecule has 1 saturated heterocycles. The first-order valence-electron chi connectivity index (χ1n) is 9.56. The fourth-order valence-corrected chi connectivity index (χ4v) is 5.83. The van der Waals surface area contributed by atoms with E-state index in [1.807, 2.05) is 11.8 Å². The molecule has 6 nitrogen and oxygen atoms in total. The number of aromatic nitrogens is 1. The highest BCUT2D eigenvalue weighted by molar-refractivity contribution is 7.90. The summed E-state index contributed by atoms with van der Waals surface area (Å²) >= 11 is 0. The second kappa shape index (κ2) is 6.92. The van der Waals surface area contributed by atoms with Gasteiger partial charge in [0.05, 0.1) is 16.3 Å². The smallest absolute Gasteiger partial charge is 0.354 e. The van der Waals surface area contributed by atoms with Gasteiger partial charge in [0.1, 0.15) is 17.5 Å².